The van der Waals surface area contributed by atoms with E-state index >= 15 is 0 Å². The summed E-state index contributed by atoms with van der Waals surface area (Å²) in [5.41, 5.74) is 0.831. The number of nitrogens with zero attached hydrogens (tertiary/aromatic N) is 4. The van der Waals surface area contributed by atoms with Crippen LogP contribution < -0.4 is 0 Å². The molecule has 8 nitrogen and oxygen atoms in total. The lowest BCUT2D eigenvalue weighted by atomic mass is 10.1. The molecule has 0 unspecified atom stereocenters. The van der Waals surface area contributed by atoms with Crippen LogP contribution in [0.4, 0.5) is 0 Å². The van der Waals surface area contributed by atoms with Crippen molar-refractivity contribution in [3.05, 3.63) is 58.8 Å². The van der Waals surface area contributed by atoms with Gasteiger partial charge in [-0.25, -0.2) is 0 Å². The molecule has 0 aliphatic carbocycles. The number of fused-ring (bicyclic) bond motifs is 1. The van der Waals surface area contributed by atoms with Gasteiger partial charge in [-0.3, -0.25) is 19.3 Å². The lowest BCUT2D eigenvalue weighted by Gasteiger charge is -2.17. The SMILES string of the molecule is CN(Cc1nc(-c2cccs2)no1)C(=O)CCCN1C(=O)c2ccccc2C1=O. The third-order valence-electron chi connectivity index (χ3n) is 4.66. The van der Waals surface area contributed by atoms with Crippen molar-refractivity contribution in [1.29, 1.82) is 0 Å². The van der Waals surface area contributed by atoms with E-state index in [1.165, 1.54) is 21.1 Å². The third-order valence-corrected chi connectivity index (χ3v) is 5.52. The lowest BCUT2D eigenvalue weighted by Crippen LogP contribution is -2.32. The first kappa shape index (κ1) is 19.0. The molecule has 1 aliphatic rings. The van der Waals surface area contributed by atoms with E-state index in [9.17, 15) is 14.4 Å². The fraction of sp³-hybridized carbons (Fsp3) is 0.250. The summed E-state index contributed by atoms with van der Waals surface area (Å²) in [4.78, 5) is 45.0. The Balaban J connectivity index is 1.28. The first-order chi connectivity index (χ1) is 14.0. The van der Waals surface area contributed by atoms with Crippen LogP contribution in [-0.4, -0.2) is 51.3 Å². The normalized spacial score (nSPS) is 13.1. The fourth-order valence-electron chi connectivity index (χ4n) is 3.14. The van der Waals surface area contributed by atoms with Crippen molar-refractivity contribution in [2.45, 2.75) is 19.4 Å². The molecule has 3 amide bonds. The highest BCUT2D eigenvalue weighted by Crippen LogP contribution is 2.23. The van der Waals surface area contributed by atoms with Crippen LogP contribution in [0, 0.1) is 0 Å². The van der Waals surface area contributed by atoms with Gasteiger partial charge in [0.2, 0.25) is 17.6 Å². The smallest absolute Gasteiger partial charge is 0.261 e. The molecule has 29 heavy (non-hydrogen) atoms. The van der Waals surface area contributed by atoms with E-state index in [-0.39, 0.29) is 37.2 Å². The van der Waals surface area contributed by atoms with Crippen molar-refractivity contribution < 1.29 is 18.9 Å². The maximum absolute atomic E-state index is 12.4. The average Bonchev–Trinajstić information content (AvgIpc) is 3.45. The molecule has 2 aromatic heterocycles. The molecule has 148 valence electrons. The van der Waals surface area contributed by atoms with E-state index in [2.05, 4.69) is 10.1 Å². The molecule has 0 fully saturated rings. The first-order valence-corrected chi connectivity index (χ1v) is 9.98. The van der Waals surface area contributed by atoms with E-state index in [0.717, 1.165) is 4.88 Å². The number of imide groups is 1. The van der Waals surface area contributed by atoms with E-state index in [1.807, 2.05) is 17.5 Å². The summed E-state index contributed by atoms with van der Waals surface area (Å²) in [5.74, 6) is 0.111. The van der Waals surface area contributed by atoms with Crippen LogP contribution in [0.5, 0.6) is 0 Å². The Bertz CT molecular complexity index is 1030. The molecule has 9 heteroatoms. The number of rotatable bonds is 7. The highest BCUT2D eigenvalue weighted by molar-refractivity contribution is 7.13. The van der Waals surface area contributed by atoms with Crippen LogP contribution in [0.1, 0.15) is 39.4 Å². The first-order valence-electron chi connectivity index (χ1n) is 9.10. The van der Waals surface area contributed by atoms with Crippen LogP contribution in [0.2, 0.25) is 0 Å². The van der Waals surface area contributed by atoms with Crippen LogP contribution in [0.25, 0.3) is 10.7 Å². The number of hydrogen-bond acceptors (Lipinski definition) is 7. The number of amides is 3. The number of thiophene rings is 1. The molecule has 3 aromatic rings. The Labute approximate surface area is 170 Å². The van der Waals surface area contributed by atoms with Gasteiger partial charge in [0.05, 0.1) is 22.5 Å². The van der Waals surface area contributed by atoms with Gasteiger partial charge in [0, 0.05) is 20.0 Å². The number of aromatic nitrogens is 2. The average molecular weight is 410 g/mol. The number of carbonyl (C=O) groups is 3. The van der Waals surface area contributed by atoms with Gasteiger partial charge < -0.3 is 9.42 Å². The van der Waals surface area contributed by atoms with Crippen LogP contribution in [-0.2, 0) is 11.3 Å². The maximum atomic E-state index is 12.4. The van der Waals surface area contributed by atoms with Gasteiger partial charge in [-0.05, 0) is 30.0 Å². The van der Waals surface area contributed by atoms with Crippen molar-refractivity contribution in [2.75, 3.05) is 13.6 Å². The van der Waals surface area contributed by atoms with Gasteiger partial charge in [-0.15, -0.1) is 11.3 Å². The molecule has 0 atom stereocenters. The van der Waals surface area contributed by atoms with Crippen LogP contribution in [0.3, 0.4) is 0 Å². The summed E-state index contributed by atoms with van der Waals surface area (Å²) >= 11 is 1.51. The Morgan fingerprint density at radius 1 is 1.14 bits per heavy atom. The van der Waals surface area contributed by atoms with Gasteiger partial charge in [0.1, 0.15) is 0 Å². The quantitative estimate of drug-likeness (QED) is 0.556. The number of hydrogen-bond donors (Lipinski definition) is 0. The van der Waals surface area contributed by atoms with Gasteiger partial charge in [-0.2, -0.15) is 4.98 Å². The minimum Gasteiger partial charge on any atom is -0.337 e. The van der Waals surface area contributed by atoms with E-state index in [1.54, 1.807) is 31.3 Å². The molecule has 0 saturated heterocycles. The maximum Gasteiger partial charge on any atom is 0.261 e. The van der Waals surface area contributed by atoms with E-state index in [0.29, 0.717) is 29.3 Å². The lowest BCUT2D eigenvalue weighted by molar-refractivity contribution is -0.130. The minimum atomic E-state index is -0.307. The summed E-state index contributed by atoms with van der Waals surface area (Å²) in [6, 6.07) is 10.5. The summed E-state index contributed by atoms with van der Waals surface area (Å²) in [6.45, 7) is 0.402. The van der Waals surface area contributed by atoms with Crippen molar-refractivity contribution in [3.63, 3.8) is 0 Å². The second-order valence-corrected chi connectivity index (χ2v) is 7.60. The summed E-state index contributed by atoms with van der Waals surface area (Å²) in [5, 5.41) is 5.85. The van der Waals surface area contributed by atoms with Crippen LogP contribution in [0.15, 0.2) is 46.3 Å². The highest BCUT2D eigenvalue weighted by Gasteiger charge is 2.34. The molecule has 1 aromatic carbocycles. The van der Waals surface area contributed by atoms with Gasteiger partial charge in [0.25, 0.3) is 11.8 Å². The highest BCUT2D eigenvalue weighted by atomic mass is 32.1. The standard InChI is InChI=1S/C20H18N4O4S/c1-23(12-16-21-18(22-28-16)15-8-5-11-29-15)17(25)9-4-10-24-19(26)13-6-2-3-7-14(13)20(24)27/h2-3,5-8,11H,4,9-10,12H2,1H3. The zero-order valence-corrected chi connectivity index (χ0v) is 16.5. The van der Waals surface area contributed by atoms with Gasteiger partial charge >= 0.3 is 0 Å². The van der Waals surface area contributed by atoms with Gasteiger partial charge in [0.15, 0.2) is 0 Å². The third kappa shape index (κ3) is 3.81. The molecule has 0 N–H and O–H groups in total. The molecule has 0 radical (unpaired) electrons. The van der Waals surface area contributed by atoms with Crippen molar-refractivity contribution in [2.24, 2.45) is 0 Å². The molecular weight excluding hydrogens is 392 g/mol. The summed E-state index contributed by atoms with van der Waals surface area (Å²) in [7, 11) is 1.65. The largest absolute Gasteiger partial charge is 0.337 e. The fourth-order valence-corrected chi connectivity index (χ4v) is 3.79. The monoisotopic (exact) mass is 410 g/mol. The second-order valence-electron chi connectivity index (χ2n) is 6.65. The number of benzene rings is 1. The van der Waals surface area contributed by atoms with Crippen molar-refractivity contribution >= 4 is 29.1 Å². The minimum absolute atomic E-state index is 0.127. The predicted molar refractivity (Wildman–Crippen MR) is 105 cm³/mol. The molecule has 0 saturated carbocycles. The van der Waals surface area contributed by atoms with Crippen molar-refractivity contribution in [1.82, 2.24) is 19.9 Å². The topological polar surface area (TPSA) is 96.6 Å². The molecule has 4 rings (SSSR count). The molecule has 0 spiro atoms. The zero-order chi connectivity index (χ0) is 20.4. The van der Waals surface area contributed by atoms with E-state index < -0.39 is 0 Å². The number of carbonyl (C=O) groups excluding carboxylic acids is 3. The van der Waals surface area contributed by atoms with E-state index in [4.69, 9.17) is 4.52 Å². The predicted octanol–water partition coefficient (Wildman–Crippen LogP) is 2.83. The van der Waals surface area contributed by atoms with Gasteiger partial charge in [-0.1, -0.05) is 23.4 Å². The molecular formula is C20H18N4O4S. The van der Waals surface area contributed by atoms with Crippen LogP contribution >= 0.6 is 11.3 Å². The summed E-state index contributed by atoms with van der Waals surface area (Å²) in [6.07, 6.45) is 0.592. The zero-order valence-electron chi connectivity index (χ0n) is 15.7. The molecule has 1 aliphatic heterocycles. The Hall–Kier alpha value is -3.33. The second kappa shape index (κ2) is 7.96. The Morgan fingerprint density at radius 2 is 1.86 bits per heavy atom. The molecule has 3 heterocycles. The Kier molecular flexibility index (Phi) is 5.22. The molecule has 0 bridgehead atoms. The summed E-state index contributed by atoms with van der Waals surface area (Å²) < 4.78 is 5.21. The Morgan fingerprint density at radius 3 is 2.52 bits per heavy atom. The van der Waals surface area contributed by atoms with Crippen molar-refractivity contribution in [3.8, 4) is 10.7 Å².